The van der Waals surface area contributed by atoms with Gasteiger partial charge in [0.15, 0.2) is 0 Å². The SMILES string of the molecule is COc1cccc(C2(CC#N)CCOC(C)(C)C2)c1. The lowest BCUT2D eigenvalue weighted by Gasteiger charge is -2.44. The van der Waals surface area contributed by atoms with Gasteiger partial charge in [0.05, 0.1) is 18.8 Å². The lowest BCUT2D eigenvalue weighted by molar-refractivity contribution is -0.0816. The molecule has 1 aliphatic heterocycles. The second-order valence-electron chi connectivity index (χ2n) is 5.88. The highest BCUT2D eigenvalue weighted by molar-refractivity contribution is 5.35. The standard InChI is InChI=1S/C16H21NO2/c1-15(2)12-16(7-9-17,8-10-19-15)13-5-4-6-14(11-13)18-3/h4-6,11H,7-8,10,12H2,1-3H3. The predicted octanol–water partition coefficient (Wildman–Crippen LogP) is 3.44. The first-order valence-corrected chi connectivity index (χ1v) is 6.67. The van der Waals surface area contributed by atoms with E-state index in [4.69, 9.17) is 9.47 Å². The summed E-state index contributed by atoms with van der Waals surface area (Å²) in [6.07, 6.45) is 2.27. The third-order valence-corrected chi connectivity index (χ3v) is 3.94. The molecule has 0 aromatic heterocycles. The zero-order valence-electron chi connectivity index (χ0n) is 11.9. The summed E-state index contributed by atoms with van der Waals surface area (Å²) in [5.41, 5.74) is 0.883. The maximum Gasteiger partial charge on any atom is 0.119 e. The summed E-state index contributed by atoms with van der Waals surface area (Å²) in [4.78, 5) is 0. The van der Waals surface area contributed by atoms with Crippen molar-refractivity contribution < 1.29 is 9.47 Å². The summed E-state index contributed by atoms with van der Waals surface area (Å²) in [6.45, 7) is 4.89. The molecule has 19 heavy (non-hydrogen) atoms. The van der Waals surface area contributed by atoms with Crippen molar-refractivity contribution >= 4 is 0 Å². The van der Waals surface area contributed by atoms with Crippen LogP contribution < -0.4 is 4.74 Å². The van der Waals surface area contributed by atoms with E-state index < -0.39 is 0 Å². The molecule has 1 aromatic rings. The molecule has 3 nitrogen and oxygen atoms in total. The molecule has 0 N–H and O–H groups in total. The van der Waals surface area contributed by atoms with Gasteiger partial charge in [-0.15, -0.1) is 0 Å². The molecule has 0 radical (unpaired) electrons. The molecule has 1 saturated heterocycles. The Morgan fingerprint density at radius 3 is 2.84 bits per heavy atom. The molecule has 0 spiro atoms. The van der Waals surface area contributed by atoms with Crippen LogP contribution in [0.25, 0.3) is 0 Å². The quantitative estimate of drug-likeness (QED) is 0.835. The van der Waals surface area contributed by atoms with Crippen molar-refractivity contribution in [1.29, 1.82) is 5.26 Å². The minimum atomic E-state index is -0.182. The van der Waals surface area contributed by atoms with E-state index in [1.54, 1.807) is 7.11 Å². The van der Waals surface area contributed by atoms with Gasteiger partial charge in [-0.05, 0) is 44.4 Å². The molecule has 1 aromatic carbocycles. The molecule has 0 bridgehead atoms. The Morgan fingerprint density at radius 2 is 2.21 bits per heavy atom. The first-order valence-electron chi connectivity index (χ1n) is 6.67. The third kappa shape index (κ3) is 2.90. The lowest BCUT2D eigenvalue weighted by Crippen LogP contribution is -2.43. The highest BCUT2D eigenvalue weighted by Gasteiger charge is 2.42. The molecule has 1 aliphatic rings. The molecule has 2 rings (SSSR count). The average molecular weight is 259 g/mol. The molecular formula is C16H21NO2. The Balaban J connectivity index is 2.41. The van der Waals surface area contributed by atoms with Crippen molar-refractivity contribution in [3.05, 3.63) is 29.8 Å². The van der Waals surface area contributed by atoms with Crippen LogP contribution in [-0.2, 0) is 10.2 Å². The number of nitriles is 1. The van der Waals surface area contributed by atoms with E-state index in [9.17, 15) is 5.26 Å². The Kier molecular flexibility index (Phi) is 3.82. The van der Waals surface area contributed by atoms with Crippen molar-refractivity contribution in [2.45, 2.75) is 44.1 Å². The summed E-state index contributed by atoms with van der Waals surface area (Å²) in [5.74, 6) is 0.846. The lowest BCUT2D eigenvalue weighted by atomic mass is 9.67. The van der Waals surface area contributed by atoms with E-state index in [1.807, 2.05) is 12.1 Å². The number of hydrogen-bond acceptors (Lipinski definition) is 3. The number of ether oxygens (including phenoxy) is 2. The molecule has 102 valence electrons. The Hall–Kier alpha value is -1.53. The van der Waals surface area contributed by atoms with Gasteiger partial charge >= 0.3 is 0 Å². The first kappa shape index (κ1) is 13.9. The fourth-order valence-corrected chi connectivity index (χ4v) is 3.08. The number of hydrogen-bond donors (Lipinski definition) is 0. The monoisotopic (exact) mass is 259 g/mol. The summed E-state index contributed by atoms with van der Waals surface area (Å²) < 4.78 is 11.1. The van der Waals surface area contributed by atoms with Gasteiger partial charge in [-0.1, -0.05) is 12.1 Å². The van der Waals surface area contributed by atoms with Crippen molar-refractivity contribution in [2.75, 3.05) is 13.7 Å². The number of methoxy groups -OCH3 is 1. The van der Waals surface area contributed by atoms with Gasteiger partial charge in [0.2, 0.25) is 0 Å². The van der Waals surface area contributed by atoms with Crippen LogP contribution in [0.3, 0.4) is 0 Å². The van der Waals surface area contributed by atoms with Gasteiger partial charge in [0.1, 0.15) is 5.75 Å². The smallest absolute Gasteiger partial charge is 0.119 e. The highest BCUT2D eigenvalue weighted by Crippen LogP contribution is 2.44. The summed E-state index contributed by atoms with van der Waals surface area (Å²) in [7, 11) is 1.67. The van der Waals surface area contributed by atoms with E-state index in [2.05, 4.69) is 32.0 Å². The summed E-state index contributed by atoms with van der Waals surface area (Å²) >= 11 is 0. The number of nitrogens with zero attached hydrogens (tertiary/aromatic N) is 1. The topological polar surface area (TPSA) is 42.2 Å². The molecule has 1 unspecified atom stereocenters. The Bertz CT molecular complexity index is 490. The van der Waals surface area contributed by atoms with Crippen molar-refractivity contribution in [3.63, 3.8) is 0 Å². The van der Waals surface area contributed by atoms with Crippen LogP contribution >= 0.6 is 0 Å². The van der Waals surface area contributed by atoms with E-state index in [0.717, 1.165) is 18.6 Å². The molecule has 1 fully saturated rings. The van der Waals surface area contributed by atoms with Crippen LogP contribution in [0.15, 0.2) is 24.3 Å². The van der Waals surface area contributed by atoms with E-state index in [0.29, 0.717) is 13.0 Å². The Morgan fingerprint density at radius 1 is 1.42 bits per heavy atom. The van der Waals surface area contributed by atoms with Crippen LogP contribution in [-0.4, -0.2) is 19.3 Å². The third-order valence-electron chi connectivity index (χ3n) is 3.94. The largest absolute Gasteiger partial charge is 0.497 e. The second kappa shape index (κ2) is 5.22. The van der Waals surface area contributed by atoms with Crippen LogP contribution in [0.2, 0.25) is 0 Å². The normalized spacial score (nSPS) is 25.6. The molecule has 0 saturated carbocycles. The van der Waals surface area contributed by atoms with Crippen molar-refractivity contribution in [3.8, 4) is 11.8 Å². The molecule has 1 heterocycles. The summed E-state index contributed by atoms with van der Waals surface area (Å²) in [6, 6.07) is 10.4. The van der Waals surface area contributed by atoms with Gasteiger partial charge in [-0.2, -0.15) is 5.26 Å². The minimum absolute atomic E-state index is 0.120. The van der Waals surface area contributed by atoms with Crippen LogP contribution in [0, 0.1) is 11.3 Å². The summed E-state index contributed by atoms with van der Waals surface area (Å²) in [5, 5.41) is 9.22. The molecule has 1 atom stereocenters. The number of benzene rings is 1. The zero-order valence-corrected chi connectivity index (χ0v) is 11.9. The maximum atomic E-state index is 9.22. The fraction of sp³-hybridized carbons (Fsp3) is 0.562. The highest BCUT2D eigenvalue weighted by atomic mass is 16.5. The van der Waals surface area contributed by atoms with E-state index >= 15 is 0 Å². The second-order valence-corrected chi connectivity index (χ2v) is 5.88. The Labute approximate surface area is 115 Å². The van der Waals surface area contributed by atoms with Crippen molar-refractivity contribution in [1.82, 2.24) is 0 Å². The number of rotatable bonds is 3. The molecule has 3 heteroatoms. The zero-order chi connectivity index (χ0) is 13.9. The van der Waals surface area contributed by atoms with Crippen LogP contribution in [0.1, 0.15) is 38.7 Å². The molecule has 0 aliphatic carbocycles. The molecule has 0 amide bonds. The van der Waals surface area contributed by atoms with Crippen LogP contribution in [0.4, 0.5) is 0 Å². The predicted molar refractivity (Wildman–Crippen MR) is 74.2 cm³/mol. The van der Waals surface area contributed by atoms with E-state index in [1.165, 1.54) is 5.56 Å². The van der Waals surface area contributed by atoms with Gasteiger partial charge in [0.25, 0.3) is 0 Å². The van der Waals surface area contributed by atoms with Crippen molar-refractivity contribution in [2.24, 2.45) is 0 Å². The fourth-order valence-electron chi connectivity index (χ4n) is 3.08. The maximum absolute atomic E-state index is 9.22. The van der Waals surface area contributed by atoms with Crippen LogP contribution in [0.5, 0.6) is 5.75 Å². The average Bonchev–Trinajstić information content (AvgIpc) is 2.38. The van der Waals surface area contributed by atoms with Gasteiger partial charge in [-0.25, -0.2) is 0 Å². The van der Waals surface area contributed by atoms with E-state index in [-0.39, 0.29) is 11.0 Å². The molecular weight excluding hydrogens is 238 g/mol. The van der Waals surface area contributed by atoms with Gasteiger partial charge in [-0.3, -0.25) is 0 Å². The van der Waals surface area contributed by atoms with Gasteiger partial charge < -0.3 is 9.47 Å². The minimum Gasteiger partial charge on any atom is -0.497 e. The van der Waals surface area contributed by atoms with Gasteiger partial charge in [0, 0.05) is 18.4 Å². The first-order chi connectivity index (χ1) is 9.01.